The minimum atomic E-state index is -1.56. The minimum absolute atomic E-state index is 0. The molecule has 0 aromatic carbocycles. The second-order valence-corrected chi connectivity index (χ2v) is 1.44. The molecule has 11 heavy (non-hydrogen) atoms. The van der Waals surface area contributed by atoms with Gasteiger partial charge in [-0.3, -0.25) is 0 Å². The van der Waals surface area contributed by atoms with E-state index in [2.05, 4.69) is 6.58 Å². The maximum atomic E-state index is 9.73. The van der Waals surface area contributed by atoms with E-state index in [4.69, 9.17) is 0 Å². The quantitative estimate of drug-likeness (QED) is 0.438. The van der Waals surface area contributed by atoms with E-state index in [0.29, 0.717) is 0 Å². The van der Waals surface area contributed by atoms with Gasteiger partial charge in [-0.15, -0.1) is 0 Å². The smallest absolute Gasteiger partial charge is 0.550 e. The van der Waals surface area contributed by atoms with Gasteiger partial charge in [0.2, 0.25) is 0 Å². The summed E-state index contributed by atoms with van der Waals surface area (Å²) in [5, 5.41) is 19.4. The van der Waals surface area contributed by atoms with Crippen molar-refractivity contribution in [1.29, 1.82) is 0 Å². The van der Waals surface area contributed by atoms with Crippen molar-refractivity contribution < 1.29 is 55.4 Å². The van der Waals surface area contributed by atoms with Gasteiger partial charge in [-0.25, -0.2) is 0 Å². The van der Waals surface area contributed by atoms with Crippen LogP contribution in [0.5, 0.6) is 0 Å². The fourth-order valence-electron chi connectivity index (χ4n) is 0.246. The summed E-state index contributed by atoms with van der Waals surface area (Å²) in [6.07, 6.45) is -0.678. The zero-order valence-electron chi connectivity index (χ0n) is 6.12. The van der Waals surface area contributed by atoms with Crippen molar-refractivity contribution in [2.45, 2.75) is 6.42 Å². The van der Waals surface area contributed by atoms with Crippen molar-refractivity contribution in [1.82, 2.24) is 0 Å². The van der Waals surface area contributed by atoms with E-state index >= 15 is 0 Å². The van der Waals surface area contributed by atoms with Gasteiger partial charge in [0.05, 0.1) is 5.97 Å². The molecular weight excluding hydrogens is 275 g/mol. The van der Waals surface area contributed by atoms with E-state index in [-0.39, 0.29) is 43.0 Å². The van der Waals surface area contributed by atoms with Crippen LogP contribution in [-0.4, -0.2) is 11.9 Å². The molecule has 4 nitrogen and oxygen atoms in total. The van der Waals surface area contributed by atoms with E-state index in [0.717, 1.165) is 0 Å². The Morgan fingerprint density at radius 3 is 1.73 bits per heavy atom. The molecule has 0 bridgehead atoms. The summed E-state index contributed by atoms with van der Waals surface area (Å²) in [6, 6.07) is 0. The van der Waals surface area contributed by atoms with Gasteiger partial charge < -0.3 is 27.2 Å². The molecule has 0 aliphatic carbocycles. The van der Waals surface area contributed by atoms with Crippen LogP contribution in [0.25, 0.3) is 0 Å². The van der Waals surface area contributed by atoms with Gasteiger partial charge in [0, 0.05) is 12.4 Å². The molecule has 0 heterocycles. The van der Waals surface area contributed by atoms with Crippen LogP contribution in [0.15, 0.2) is 12.2 Å². The Labute approximate surface area is 92.9 Å². The molecule has 0 aromatic rings. The van der Waals surface area contributed by atoms with Crippen molar-refractivity contribution in [3.8, 4) is 0 Å². The number of carboxylic acid groups (broad SMARTS) is 2. The Bertz CT molecular complexity index is 164. The first kappa shape index (κ1) is 17.1. The molecule has 0 N–H and O–H groups in total. The first-order valence-electron chi connectivity index (χ1n) is 2.13. The molecule has 0 aliphatic rings. The van der Waals surface area contributed by atoms with Gasteiger partial charge in [-0.2, -0.15) is 0 Å². The monoisotopic (exact) mass is 282 g/mol. The molecule has 0 unspecified atom stereocenters. The van der Waals surface area contributed by atoms with Gasteiger partial charge in [0.25, 0.3) is 0 Å². The van der Waals surface area contributed by atoms with Crippen molar-refractivity contribution in [2.75, 3.05) is 0 Å². The van der Waals surface area contributed by atoms with E-state index in [9.17, 15) is 19.8 Å². The number of carboxylic acids is 2. The average Bonchev–Trinajstić information content (AvgIpc) is 1.63. The van der Waals surface area contributed by atoms with Gasteiger partial charge in [0.1, 0.15) is 0 Å². The predicted octanol–water partition coefficient (Wildman–Crippen LogP) is -2.12. The molecule has 0 saturated carbocycles. The molecular formula is C6H7LaO4. The zero-order valence-corrected chi connectivity index (χ0v) is 9.75. The molecule has 5 heteroatoms. The summed E-state index contributed by atoms with van der Waals surface area (Å²) in [7, 11) is 0. The van der Waals surface area contributed by atoms with Crippen LogP contribution < -0.4 is 10.2 Å². The maximum Gasteiger partial charge on any atom is 3.00 e. The van der Waals surface area contributed by atoms with Crippen LogP contribution in [-0.2, 0) is 9.59 Å². The molecule has 0 spiro atoms. The predicted molar refractivity (Wildman–Crippen MR) is 30.2 cm³/mol. The molecule has 58 valence electrons. The Hall–Kier alpha value is -0.125. The fraction of sp³-hybridized carbons (Fsp3) is 0.167. The van der Waals surface area contributed by atoms with Crippen LogP contribution in [0, 0.1) is 43.0 Å². The molecule has 0 fully saturated rings. The third kappa shape index (κ3) is 9.87. The topological polar surface area (TPSA) is 80.3 Å². The Morgan fingerprint density at radius 1 is 1.27 bits per heavy atom. The second kappa shape index (κ2) is 7.98. The normalized spacial score (nSPS) is 6.91. The second-order valence-electron chi connectivity index (χ2n) is 1.44. The summed E-state index contributed by atoms with van der Waals surface area (Å²) >= 11 is 0. The number of rotatable bonds is 3. The standard InChI is InChI=1S/C5H6O4.CH3.La/c1-3(5(8)9)2-4(6)7;;/h1-2H2,(H,6,7)(H,8,9);1H3;/q;-1;+3/p-2. The first-order valence-corrected chi connectivity index (χ1v) is 2.13. The third-order valence-electron chi connectivity index (χ3n) is 0.646. The van der Waals surface area contributed by atoms with Crippen molar-refractivity contribution in [2.24, 2.45) is 0 Å². The number of aliphatic carboxylic acids is 2. The largest absolute Gasteiger partial charge is 3.00 e. The Morgan fingerprint density at radius 2 is 1.64 bits per heavy atom. The summed E-state index contributed by atoms with van der Waals surface area (Å²) in [6.45, 7) is 2.91. The van der Waals surface area contributed by atoms with Crippen LogP contribution in [0.2, 0.25) is 0 Å². The van der Waals surface area contributed by atoms with Crippen LogP contribution in [0.1, 0.15) is 6.42 Å². The third-order valence-corrected chi connectivity index (χ3v) is 0.646. The van der Waals surface area contributed by atoms with E-state index in [1.807, 2.05) is 0 Å². The van der Waals surface area contributed by atoms with Gasteiger partial charge in [0.15, 0.2) is 0 Å². The first-order chi connectivity index (χ1) is 4.04. The molecule has 0 radical (unpaired) electrons. The molecule has 0 aliphatic heterocycles. The summed E-state index contributed by atoms with van der Waals surface area (Å²) in [5.41, 5.74) is -0.477. The molecule has 0 rings (SSSR count). The van der Waals surface area contributed by atoms with E-state index in [1.54, 1.807) is 0 Å². The van der Waals surface area contributed by atoms with Crippen LogP contribution >= 0.6 is 0 Å². The van der Waals surface area contributed by atoms with E-state index in [1.165, 1.54) is 0 Å². The van der Waals surface area contributed by atoms with Crippen LogP contribution in [0.4, 0.5) is 0 Å². The number of carbonyl (C=O) groups excluding carboxylic acids is 2. The summed E-state index contributed by atoms with van der Waals surface area (Å²) in [4.78, 5) is 19.4. The Kier molecular flexibility index (Phi) is 12.4. The maximum absolute atomic E-state index is 9.73. The fourth-order valence-corrected chi connectivity index (χ4v) is 0.246. The minimum Gasteiger partial charge on any atom is -0.550 e. The number of carbonyl (C=O) groups is 2. The zero-order chi connectivity index (χ0) is 7.44. The average molecular weight is 282 g/mol. The SMILES string of the molecule is C=C(CC(=O)[O-])C(=O)[O-].[CH3-].[La+3]. The van der Waals surface area contributed by atoms with Gasteiger partial charge in [-0.05, 0) is 5.57 Å². The molecule has 0 amide bonds. The van der Waals surface area contributed by atoms with Gasteiger partial charge in [-0.1, -0.05) is 6.58 Å². The molecule has 0 aromatic heterocycles. The summed E-state index contributed by atoms with van der Waals surface area (Å²) in [5.74, 6) is -3.02. The molecule has 0 atom stereocenters. The van der Waals surface area contributed by atoms with Crippen molar-refractivity contribution >= 4 is 11.9 Å². The number of hydrogen-bond donors (Lipinski definition) is 0. The van der Waals surface area contributed by atoms with E-state index < -0.39 is 23.9 Å². The van der Waals surface area contributed by atoms with Crippen molar-refractivity contribution in [3.05, 3.63) is 19.6 Å². The number of hydrogen-bond acceptors (Lipinski definition) is 4. The summed E-state index contributed by atoms with van der Waals surface area (Å²) < 4.78 is 0. The Balaban J connectivity index is -0.000000320. The van der Waals surface area contributed by atoms with Crippen LogP contribution in [0.3, 0.4) is 0 Å². The molecule has 0 saturated heterocycles. The van der Waals surface area contributed by atoms with Crippen molar-refractivity contribution in [3.63, 3.8) is 0 Å². The van der Waals surface area contributed by atoms with Gasteiger partial charge >= 0.3 is 35.6 Å².